The lowest BCUT2D eigenvalue weighted by atomic mass is 10.1. The number of ether oxygens (including phenoxy) is 1. The van der Waals surface area contributed by atoms with Gasteiger partial charge in [0.25, 0.3) is 5.56 Å². The Morgan fingerprint density at radius 2 is 1.94 bits per heavy atom. The molecule has 6 heteroatoms. The molecule has 1 atom stereocenters. The average Bonchev–Trinajstić information content (AvgIpc) is 2.23. The maximum absolute atomic E-state index is 12.2. The van der Waals surface area contributed by atoms with E-state index in [4.69, 9.17) is 16.3 Å². The van der Waals surface area contributed by atoms with Crippen molar-refractivity contribution in [1.29, 1.82) is 0 Å². The first-order chi connectivity index (χ1) is 8.38. The first-order valence-corrected chi connectivity index (χ1v) is 6.27. The molecule has 1 heterocycles. The van der Waals surface area contributed by atoms with Crippen LogP contribution in [-0.2, 0) is 11.3 Å². The third-order valence-electron chi connectivity index (χ3n) is 2.70. The van der Waals surface area contributed by atoms with Gasteiger partial charge in [-0.3, -0.25) is 14.3 Å². The lowest BCUT2D eigenvalue weighted by molar-refractivity contribution is 0.150. The predicted octanol–water partition coefficient (Wildman–Crippen LogP) is 1.60. The van der Waals surface area contributed by atoms with Gasteiger partial charge in [0.15, 0.2) is 0 Å². The van der Waals surface area contributed by atoms with E-state index in [0.29, 0.717) is 18.7 Å². The molecular formula is C12H19ClN2O3. The Balaban J connectivity index is 3.24. The van der Waals surface area contributed by atoms with E-state index in [2.05, 4.69) is 4.98 Å². The molecule has 0 saturated heterocycles. The number of halogens is 1. The molecule has 5 nitrogen and oxygen atoms in total. The Kier molecular flexibility index (Phi) is 5.16. The van der Waals surface area contributed by atoms with Crippen LogP contribution in [0, 0.1) is 5.92 Å². The van der Waals surface area contributed by atoms with E-state index in [9.17, 15) is 9.59 Å². The second-order valence-electron chi connectivity index (χ2n) is 4.79. The van der Waals surface area contributed by atoms with Crippen molar-refractivity contribution in [3.8, 4) is 0 Å². The quantitative estimate of drug-likeness (QED) is 0.830. The maximum Gasteiger partial charge on any atom is 0.329 e. The largest absolute Gasteiger partial charge is 0.384 e. The Labute approximate surface area is 111 Å². The highest BCUT2D eigenvalue weighted by molar-refractivity contribution is 6.30. The Morgan fingerprint density at radius 1 is 1.33 bits per heavy atom. The van der Waals surface area contributed by atoms with E-state index in [0.717, 1.165) is 0 Å². The van der Waals surface area contributed by atoms with Crippen LogP contribution in [0.4, 0.5) is 0 Å². The van der Waals surface area contributed by atoms with Gasteiger partial charge < -0.3 is 4.74 Å². The molecule has 0 radical (unpaired) electrons. The summed E-state index contributed by atoms with van der Waals surface area (Å²) in [6.07, 6.45) is 0. The molecule has 1 aromatic heterocycles. The molecule has 0 aliphatic rings. The van der Waals surface area contributed by atoms with Crippen LogP contribution in [0.1, 0.15) is 32.3 Å². The number of aromatic nitrogens is 2. The molecule has 1 rings (SSSR count). The van der Waals surface area contributed by atoms with Gasteiger partial charge >= 0.3 is 5.69 Å². The highest BCUT2D eigenvalue weighted by Gasteiger charge is 2.16. The van der Waals surface area contributed by atoms with Gasteiger partial charge in [0.2, 0.25) is 0 Å². The summed E-state index contributed by atoms with van der Waals surface area (Å²) in [6, 6.07) is 0. The van der Waals surface area contributed by atoms with Gasteiger partial charge in [-0.2, -0.15) is 0 Å². The van der Waals surface area contributed by atoms with Crippen LogP contribution in [0.15, 0.2) is 9.59 Å². The summed E-state index contributed by atoms with van der Waals surface area (Å²) in [6.45, 7) is 6.46. The molecule has 0 amide bonds. The topological polar surface area (TPSA) is 64.1 Å². The summed E-state index contributed by atoms with van der Waals surface area (Å²) >= 11 is 5.91. The summed E-state index contributed by atoms with van der Waals surface area (Å²) in [5.74, 6) is 0.0424. The predicted molar refractivity (Wildman–Crippen MR) is 71.5 cm³/mol. The van der Waals surface area contributed by atoms with Crippen LogP contribution in [0.25, 0.3) is 0 Å². The Morgan fingerprint density at radius 3 is 2.44 bits per heavy atom. The Hall–Kier alpha value is -1.07. The van der Waals surface area contributed by atoms with E-state index in [-0.39, 0.29) is 22.5 Å². The van der Waals surface area contributed by atoms with Crippen LogP contribution in [0.3, 0.4) is 0 Å². The second kappa shape index (κ2) is 6.20. The lowest BCUT2D eigenvalue weighted by Crippen LogP contribution is -2.39. The SMILES string of the molecule is COCC(C)Cn1c(=O)[nH]c(Cl)c(C(C)C)c1=O. The van der Waals surface area contributed by atoms with Crippen molar-refractivity contribution < 1.29 is 4.74 Å². The van der Waals surface area contributed by atoms with Crippen molar-refractivity contribution in [2.45, 2.75) is 33.2 Å². The van der Waals surface area contributed by atoms with Crippen molar-refractivity contribution in [2.75, 3.05) is 13.7 Å². The monoisotopic (exact) mass is 274 g/mol. The highest BCUT2D eigenvalue weighted by atomic mass is 35.5. The lowest BCUT2D eigenvalue weighted by Gasteiger charge is -2.14. The van der Waals surface area contributed by atoms with Crippen LogP contribution in [0.5, 0.6) is 0 Å². The van der Waals surface area contributed by atoms with E-state index >= 15 is 0 Å². The van der Waals surface area contributed by atoms with Crippen LogP contribution in [0.2, 0.25) is 5.15 Å². The number of aromatic amines is 1. The number of H-pyrrole nitrogens is 1. The highest BCUT2D eigenvalue weighted by Crippen LogP contribution is 2.16. The molecule has 1 N–H and O–H groups in total. The van der Waals surface area contributed by atoms with Gasteiger partial charge in [-0.05, 0) is 11.8 Å². The number of hydrogen-bond donors (Lipinski definition) is 1. The Bertz CT molecular complexity index is 519. The third kappa shape index (κ3) is 3.23. The molecular weight excluding hydrogens is 256 g/mol. The summed E-state index contributed by atoms with van der Waals surface area (Å²) < 4.78 is 6.19. The zero-order chi connectivity index (χ0) is 13.9. The summed E-state index contributed by atoms with van der Waals surface area (Å²) in [5.41, 5.74) is -0.347. The van der Waals surface area contributed by atoms with E-state index < -0.39 is 5.69 Å². The van der Waals surface area contributed by atoms with Gasteiger partial charge in [0.05, 0.1) is 12.2 Å². The van der Waals surface area contributed by atoms with Gasteiger partial charge in [0.1, 0.15) is 5.15 Å². The van der Waals surface area contributed by atoms with Crippen molar-refractivity contribution in [1.82, 2.24) is 9.55 Å². The summed E-state index contributed by atoms with van der Waals surface area (Å²) in [4.78, 5) is 26.5. The molecule has 102 valence electrons. The first kappa shape index (κ1) is 15.0. The summed E-state index contributed by atoms with van der Waals surface area (Å²) in [5, 5.41) is 0.135. The number of nitrogens with one attached hydrogen (secondary N) is 1. The minimum Gasteiger partial charge on any atom is -0.384 e. The number of rotatable bonds is 5. The third-order valence-corrected chi connectivity index (χ3v) is 2.99. The molecule has 0 aliphatic carbocycles. The zero-order valence-corrected chi connectivity index (χ0v) is 11.9. The van der Waals surface area contributed by atoms with Crippen LogP contribution in [-0.4, -0.2) is 23.3 Å². The van der Waals surface area contributed by atoms with Crippen LogP contribution < -0.4 is 11.2 Å². The fourth-order valence-corrected chi connectivity index (χ4v) is 2.26. The van der Waals surface area contributed by atoms with E-state index in [1.54, 1.807) is 7.11 Å². The minimum absolute atomic E-state index is 0.0363. The molecule has 1 aromatic rings. The van der Waals surface area contributed by atoms with Gasteiger partial charge in [-0.25, -0.2) is 4.79 Å². The number of nitrogens with zero attached hydrogens (tertiary/aromatic N) is 1. The molecule has 0 aromatic carbocycles. The van der Waals surface area contributed by atoms with Crippen molar-refractivity contribution >= 4 is 11.6 Å². The number of methoxy groups -OCH3 is 1. The normalized spacial score (nSPS) is 13.0. The smallest absolute Gasteiger partial charge is 0.329 e. The average molecular weight is 275 g/mol. The second-order valence-corrected chi connectivity index (χ2v) is 5.17. The zero-order valence-electron chi connectivity index (χ0n) is 11.1. The number of hydrogen-bond acceptors (Lipinski definition) is 3. The van der Waals surface area contributed by atoms with Gasteiger partial charge in [-0.1, -0.05) is 32.4 Å². The minimum atomic E-state index is -0.475. The van der Waals surface area contributed by atoms with Crippen molar-refractivity contribution in [3.05, 3.63) is 31.6 Å². The van der Waals surface area contributed by atoms with Crippen LogP contribution >= 0.6 is 11.6 Å². The molecule has 0 bridgehead atoms. The van der Waals surface area contributed by atoms with E-state index in [1.807, 2.05) is 20.8 Å². The van der Waals surface area contributed by atoms with Crippen molar-refractivity contribution in [2.24, 2.45) is 5.92 Å². The molecule has 0 saturated carbocycles. The van der Waals surface area contributed by atoms with Gasteiger partial charge in [0, 0.05) is 13.7 Å². The first-order valence-electron chi connectivity index (χ1n) is 5.89. The molecule has 0 spiro atoms. The fourth-order valence-electron chi connectivity index (χ4n) is 1.88. The van der Waals surface area contributed by atoms with E-state index in [1.165, 1.54) is 4.57 Å². The summed E-state index contributed by atoms with van der Waals surface area (Å²) in [7, 11) is 1.59. The molecule has 0 aliphatic heterocycles. The molecule has 18 heavy (non-hydrogen) atoms. The molecule has 1 unspecified atom stereocenters. The van der Waals surface area contributed by atoms with Crippen molar-refractivity contribution in [3.63, 3.8) is 0 Å². The van der Waals surface area contributed by atoms with Gasteiger partial charge in [-0.15, -0.1) is 0 Å². The maximum atomic E-state index is 12.2. The fraction of sp³-hybridized carbons (Fsp3) is 0.667. The molecule has 0 fully saturated rings. The standard InChI is InChI=1S/C12H19ClN2O3/c1-7(2)9-10(13)14-12(17)15(11(9)16)5-8(3)6-18-4/h7-8H,5-6H2,1-4H3,(H,14,17).